The number of hydrogen-bond acceptors (Lipinski definition) is 4. The van der Waals surface area contributed by atoms with E-state index in [0.717, 1.165) is 48.6 Å². The second-order valence-electron chi connectivity index (χ2n) is 6.41. The summed E-state index contributed by atoms with van der Waals surface area (Å²) in [5.41, 5.74) is 3.46. The molecule has 0 unspecified atom stereocenters. The highest BCUT2D eigenvalue weighted by atomic mass is 32.1. The minimum absolute atomic E-state index is 0.0310. The van der Waals surface area contributed by atoms with Crippen molar-refractivity contribution >= 4 is 17.2 Å². The Morgan fingerprint density at radius 3 is 2.88 bits per heavy atom. The van der Waals surface area contributed by atoms with Crippen LogP contribution < -0.4 is 5.32 Å². The van der Waals surface area contributed by atoms with Gasteiger partial charge in [-0.15, -0.1) is 11.3 Å². The van der Waals surface area contributed by atoms with Gasteiger partial charge in [-0.25, -0.2) is 4.98 Å². The van der Waals surface area contributed by atoms with Crippen LogP contribution in [0.25, 0.3) is 11.3 Å². The third kappa shape index (κ3) is 4.42. The van der Waals surface area contributed by atoms with E-state index in [1.54, 1.807) is 18.3 Å². The maximum absolute atomic E-state index is 11.0. The standard InChI is InChI=1S/C19H24N2O2S/c1-13(20-14(2)22)5-6-15-7-9-16(10-8-15)17-12-24-19(21-17)18-4-3-11-23-18/h7-10,12-13,18H,3-6,11H2,1-2H3,(H,20,22)/t13-,18-/m1/s1. The van der Waals surface area contributed by atoms with Gasteiger partial charge in [0.2, 0.25) is 5.91 Å². The minimum Gasteiger partial charge on any atom is -0.371 e. The topological polar surface area (TPSA) is 51.2 Å². The number of carbonyl (C=O) groups is 1. The van der Waals surface area contributed by atoms with Crippen molar-refractivity contribution in [1.82, 2.24) is 10.3 Å². The summed E-state index contributed by atoms with van der Waals surface area (Å²) in [5.74, 6) is 0.0310. The van der Waals surface area contributed by atoms with E-state index in [4.69, 9.17) is 9.72 Å². The molecule has 1 saturated heterocycles. The van der Waals surface area contributed by atoms with Crippen LogP contribution in [0.5, 0.6) is 0 Å². The average Bonchev–Trinajstić information content (AvgIpc) is 3.24. The zero-order valence-electron chi connectivity index (χ0n) is 14.2. The first-order valence-corrected chi connectivity index (χ1v) is 9.43. The van der Waals surface area contributed by atoms with Crippen LogP contribution >= 0.6 is 11.3 Å². The van der Waals surface area contributed by atoms with E-state index in [2.05, 4.69) is 35.0 Å². The van der Waals surface area contributed by atoms with Crippen LogP contribution in [0.4, 0.5) is 0 Å². The fourth-order valence-electron chi connectivity index (χ4n) is 2.99. The Balaban J connectivity index is 1.59. The summed E-state index contributed by atoms with van der Waals surface area (Å²) in [7, 11) is 0. The van der Waals surface area contributed by atoms with Gasteiger partial charge < -0.3 is 10.1 Å². The van der Waals surface area contributed by atoms with Crippen molar-refractivity contribution in [3.63, 3.8) is 0 Å². The molecule has 2 heterocycles. The largest absolute Gasteiger partial charge is 0.371 e. The molecule has 4 nitrogen and oxygen atoms in total. The summed E-state index contributed by atoms with van der Waals surface area (Å²) in [6, 6.07) is 8.77. The molecular weight excluding hydrogens is 320 g/mol. The van der Waals surface area contributed by atoms with Crippen molar-refractivity contribution in [2.75, 3.05) is 6.61 Å². The summed E-state index contributed by atoms with van der Waals surface area (Å²) >= 11 is 1.69. The summed E-state index contributed by atoms with van der Waals surface area (Å²) in [6.45, 7) is 4.45. The number of aryl methyl sites for hydroxylation is 1. The first-order valence-electron chi connectivity index (χ1n) is 8.55. The smallest absolute Gasteiger partial charge is 0.217 e. The van der Waals surface area contributed by atoms with E-state index in [0.29, 0.717) is 0 Å². The van der Waals surface area contributed by atoms with Gasteiger partial charge in [0.25, 0.3) is 0 Å². The van der Waals surface area contributed by atoms with Crippen molar-refractivity contribution in [1.29, 1.82) is 0 Å². The molecule has 1 fully saturated rings. The number of ether oxygens (including phenoxy) is 1. The number of hydrogen-bond donors (Lipinski definition) is 1. The molecule has 1 aliphatic rings. The lowest BCUT2D eigenvalue weighted by Gasteiger charge is -2.12. The van der Waals surface area contributed by atoms with Crippen molar-refractivity contribution in [3.8, 4) is 11.3 Å². The third-order valence-corrected chi connectivity index (χ3v) is 5.23. The predicted octanol–water partition coefficient (Wildman–Crippen LogP) is 4.12. The molecule has 24 heavy (non-hydrogen) atoms. The van der Waals surface area contributed by atoms with Gasteiger partial charge in [0.15, 0.2) is 0 Å². The zero-order chi connectivity index (χ0) is 16.9. The molecule has 1 N–H and O–H groups in total. The Morgan fingerprint density at radius 1 is 1.42 bits per heavy atom. The van der Waals surface area contributed by atoms with Gasteiger partial charge in [-0.3, -0.25) is 4.79 Å². The molecule has 2 aromatic rings. The molecule has 0 saturated carbocycles. The molecule has 0 spiro atoms. The number of nitrogens with one attached hydrogen (secondary N) is 1. The Bertz CT molecular complexity index is 675. The Kier molecular flexibility index (Phi) is 5.63. The number of carbonyl (C=O) groups excluding carboxylic acids is 1. The van der Waals surface area contributed by atoms with Crippen molar-refractivity contribution in [2.45, 2.75) is 51.7 Å². The van der Waals surface area contributed by atoms with E-state index in [1.807, 2.05) is 6.92 Å². The molecule has 1 amide bonds. The van der Waals surface area contributed by atoms with Crippen LogP contribution in [0.15, 0.2) is 29.6 Å². The monoisotopic (exact) mass is 344 g/mol. The summed E-state index contributed by atoms with van der Waals surface area (Å²) in [4.78, 5) is 15.8. The second-order valence-corrected chi connectivity index (χ2v) is 7.30. The maximum atomic E-state index is 11.0. The van der Waals surface area contributed by atoms with Crippen molar-refractivity contribution in [3.05, 3.63) is 40.2 Å². The van der Waals surface area contributed by atoms with Crippen LogP contribution in [-0.4, -0.2) is 23.5 Å². The maximum Gasteiger partial charge on any atom is 0.217 e. The molecule has 1 aromatic heterocycles. The molecule has 1 aliphatic heterocycles. The zero-order valence-corrected chi connectivity index (χ0v) is 15.1. The van der Waals surface area contributed by atoms with E-state index in [9.17, 15) is 4.79 Å². The number of amides is 1. The molecule has 1 aromatic carbocycles. The highest BCUT2D eigenvalue weighted by molar-refractivity contribution is 7.10. The quantitative estimate of drug-likeness (QED) is 0.857. The van der Waals surface area contributed by atoms with E-state index in [1.165, 1.54) is 5.56 Å². The van der Waals surface area contributed by atoms with Gasteiger partial charge in [0.1, 0.15) is 11.1 Å². The summed E-state index contributed by atoms with van der Waals surface area (Å²) in [6.07, 6.45) is 4.31. The fraction of sp³-hybridized carbons (Fsp3) is 0.474. The van der Waals surface area contributed by atoms with E-state index in [-0.39, 0.29) is 18.1 Å². The van der Waals surface area contributed by atoms with Crippen LogP contribution in [0, 0.1) is 0 Å². The summed E-state index contributed by atoms with van der Waals surface area (Å²) < 4.78 is 5.71. The van der Waals surface area contributed by atoms with E-state index < -0.39 is 0 Å². The number of nitrogens with zero attached hydrogens (tertiary/aromatic N) is 1. The highest BCUT2D eigenvalue weighted by Crippen LogP contribution is 2.33. The van der Waals surface area contributed by atoms with Crippen molar-refractivity contribution in [2.24, 2.45) is 0 Å². The number of thiazole rings is 1. The van der Waals surface area contributed by atoms with Gasteiger partial charge in [-0.2, -0.15) is 0 Å². The molecule has 128 valence electrons. The van der Waals surface area contributed by atoms with Gasteiger partial charge in [-0.1, -0.05) is 24.3 Å². The molecule has 0 radical (unpaired) electrons. The first kappa shape index (κ1) is 17.1. The Labute approximate surface area is 147 Å². The number of aromatic nitrogens is 1. The van der Waals surface area contributed by atoms with Crippen LogP contribution in [0.3, 0.4) is 0 Å². The van der Waals surface area contributed by atoms with E-state index >= 15 is 0 Å². The molecule has 3 rings (SSSR count). The van der Waals surface area contributed by atoms with Crippen LogP contribution in [0.2, 0.25) is 0 Å². The van der Waals surface area contributed by atoms with Crippen LogP contribution in [0.1, 0.15) is 49.8 Å². The predicted molar refractivity (Wildman–Crippen MR) is 97.1 cm³/mol. The van der Waals surface area contributed by atoms with Gasteiger partial charge in [0.05, 0.1) is 5.69 Å². The Hall–Kier alpha value is -1.72. The molecule has 0 bridgehead atoms. The second kappa shape index (κ2) is 7.90. The lowest BCUT2D eigenvalue weighted by atomic mass is 10.0. The number of benzene rings is 1. The number of rotatable bonds is 6. The van der Waals surface area contributed by atoms with Gasteiger partial charge in [0, 0.05) is 30.5 Å². The first-order chi connectivity index (χ1) is 11.6. The van der Waals surface area contributed by atoms with Crippen molar-refractivity contribution < 1.29 is 9.53 Å². The van der Waals surface area contributed by atoms with Gasteiger partial charge in [-0.05, 0) is 38.2 Å². The normalized spacial score (nSPS) is 18.5. The highest BCUT2D eigenvalue weighted by Gasteiger charge is 2.21. The van der Waals surface area contributed by atoms with Crippen LogP contribution in [-0.2, 0) is 16.0 Å². The lowest BCUT2D eigenvalue weighted by Crippen LogP contribution is -2.30. The molecule has 2 atom stereocenters. The fourth-order valence-corrected chi connectivity index (χ4v) is 3.89. The summed E-state index contributed by atoms with van der Waals surface area (Å²) in [5, 5.41) is 6.13. The molecule has 0 aliphatic carbocycles. The SMILES string of the molecule is CC(=O)N[C@H](C)CCc1ccc(-c2csc([C@H]3CCCO3)n2)cc1. The van der Waals surface area contributed by atoms with Gasteiger partial charge >= 0.3 is 0 Å². The lowest BCUT2D eigenvalue weighted by molar-refractivity contribution is -0.119. The molecule has 5 heteroatoms. The minimum atomic E-state index is 0.0310. The Morgan fingerprint density at radius 2 is 2.21 bits per heavy atom. The third-order valence-electron chi connectivity index (χ3n) is 4.29. The average molecular weight is 344 g/mol. The molecular formula is C19H24N2O2S.